The van der Waals surface area contributed by atoms with Crippen LogP contribution in [-0.2, 0) is 21.8 Å². The van der Waals surface area contributed by atoms with Crippen LogP contribution >= 0.6 is 0 Å². The maximum absolute atomic E-state index is 13.5. The second-order valence-corrected chi connectivity index (χ2v) is 10.9. The van der Waals surface area contributed by atoms with E-state index in [1.807, 2.05) is 53.4 Å². The first-order valence-electron chi connectivity index (χ1n) is 12.7. The minimum absolute atomic E-state index is 0. The minimum Gasteiger partial charge on any atom is -0.448 e. The molecule has 0 bridgehead atoms. The number of nitrogens with zero attached hydrogens (tertiary/aromatic N) is 2. The molecule has 0 atom stereocenters. The fraction of sp³-hybridized carbons (Fsp3) is 0.296. The van der Waals surface area contributed by atoms with Crippen LogP contribution in [0.25, 0.3) is 11.1 Å². The van der Waals surface area contributed by atoms with Crippen molar-refractivity contribution in [2.45, 2.75) is 19.4 Å². The summed E-state index contributed by atoms with van der Waals surface area (Å²) >= 11 is 0. The molecule has 0 spiro atoms. The Hall–Kier alpha value is -1.94. The quantitative estimate of drug-likeness (QED) is 0.229. The molecule has 1 fully saturated rings. The average molecular weight is 616 g/mol. The molecular weight excluding hydrogens is 590 g/mol. The molecule has 5 rings (SSSR count). The molecular formula is C27H26BF4KN2O5S. The summed E-state index contributed by atoms with van der Waals surface area (Å²) in [6.07, 6.45) is -0.469. The summed E-state index contributed by atoms with van der Waals surface area (Å²) in [6.45, 7) is -2.62. The van der Waals surface area contributed by atoms with E-state index in [0.29, 0.717) is 32.2 Å². The topological polar surface area (TPSA) is 76.2 Å². The molecule has 1 saturated heterocycles. The van der Waals surface area contributed by atoms with Crippen LogP contribution in [0.15, 0.2) is 60.7 Å². The normalized spacial score (nSPS) is 15.6. The van der Waals surface area contributed by atoms with Crippen molar-refractivity contribution in [1.29, 1.82) is 0 Å². The van der Waals surface area contributed by atoms with E-state index < -0.39 is 34.8 Å². The van der Waals surface area contributed by atoms with E-state index in [-0.39, 0.29) is 81.6 Å². The number of hydrogen-bond acceptors (Lipinski definition) is 6. The number of ether oxygens (including phenoxy) is 1. The second-order valence-electron chi connectivity index (χ2n) is 9.92. The monoisotopic (exact) mass is 616 g/mol. The van der Waals surface area contributed by atoms with Gasteiger partial charge in [-0.05, 0) is 46.4 Å². The number of carbonyl (C=O) groups is 1. The van der Waals surface area contributed by atoms with Crippen LogP contribution in [0.1, 0.15) is 28.2 Å². The van der Waals surface area contributed by atoms with Crippen LogP contribution in [0.2, 0.25) is 0 Å². The van der Waals surface area contributed by atoms with Crippen molar-refractivity contribution >= 4 is 29.0 Å². The molecule has 3 aromatic carbocycles. The van der Waals surface area contributed by atoms with Gasteiger partial charge in [0.15, 0.2) is 0 Å². The van der Waals surface area contributed by atoms with Crippen LogP contribution in [0.3, 0.4) is 0 Å². The Labute approximate surface area is 278 Å². The van der Waals surface area contributed by atoms with Gasteiger partial charge in [-0.15, -0.1) is 5.46 Å². The predicted octanol–water partition coefficient (Wildman–Crippen LogP) is 1.71. The average Bonchev–Trinajstić information content (AvgIpc) is 3.22. The summed E-state index contributed by atoms with van der Waals surface area (Å²) in [5.74, 6) is -0.779. The van der Waals surface area contributed by atoms with Gasteiger partial charge in [0, 0.05) is 38.6 Å². The van der Waals surface area contributed by atoms with Gasteiger partial charge < -0.3 is 26.8 Å². The van der Waals surface area contributed by atoms with Gasteiger partial charge in [-0.3, -0.25) is 4.90 Å². The third-order valence-electron chi connectivity index (χ3n) is 7.42. The summed E-state index contributed by atoms with van der Waals surface area (Å²) in [5.41, 5.74) is 3.60. The third kappa shape index (κ3) is 7.35. The maximum atomic E-state index is 13.5. The summed E-state index contributed by atoms with van der Waals surface area (Å²) < 4.78 is 85.3. The van der Waals surface area contributed by atoms with E-state index in [4.69, 9.17) is 4.74 Å². The number of halogens is 4. The number of piperazine rings is 1. The minimum atomic E-state index is -5.51. The predicted molar refractivity (Wildman–Crippen MR) is 142 cm³/mol. The van der Waals surface area contributed by atoms with Crippen LogP contribution in [-0.4, -0.2) is 64.1 Å². The fourth-order valence-corrected chi connectivity index (χ4v) is 5.72. The number of carbonyl (C=O) groups excluding carboxylic acids is 1. The molecule has 0 unspecified atom stereocenters. The molecule has 14 heteroatoms. The Morgan fingerprint density at radius 3 is 2.05 bits per heavy atom. The maximum Gasteiger partial charge on any atom is 1.00 e. The first-order chi connectivity index (χ1) is 18.9. The molecule has 1 amide bonds. The van der Waals surface area contributed by atoms with Gasteiger partial charge in [0.25, 0.3) is 0 Å². The Bertz CT molecular complexity index is 1500. The molecule has 0 aromatic heterocycles. The van der Waals surface area contributed by atoms with Crippen molar-refractivity contribution in [3.63, 3.8) is 0 Å². The second kappa shape index (κ2) is 12.7. The van der Waals surface area contributed by atoms with Crippen LogP contribution < -0.4 is 61.0 Å². The largest absolute Gasteiger partial charge is 1.00 e. The zero-order chi connectivity index (χ0) is 28.7. The molecule has 0 N–H and O–H groups in total. The first-order valence-corrected chi connectivity index (χ1v) is 14.0. The van der Waals surface area contributed by atoms with E-state index >= 15 is 0 Å². The molecule has 212 valence electrons. The fourth-order valence-electron chi connectivity index (χ4n) is 5.33. The molecule has 1 heterocycles. The summed E-state index contributed by atoms with van der Waals surface area (Å²) in [6, 6.07) is 17.4. The van der Waals surface area contributed by atoms with Gasteiger partial charge in [-0.1, -0.05) is 58.5 Å². The van der Waals surface area contributed by atoms with Crippen LogP contribution in [0, 0.1) is 6.92 Å². The number of amides is 1. The zero-order valence-corrected chi connectivity index (χ0v) is 26.5. The molecule has 2 aliphatic rings. The molecule has 1 aliphatic heterocycles. The van der Waals surface area contributed by atoms with Gasteiger partial charge in [0.1, 0.15) is 12.4 Å². The molecule has 1 aliphatic carbocycles. The van der Waals surface area contributed by atoms with Gasteiger partial charge in [-0.25, -0.2) is 4.79 Å². The summed E-state index contributed by atoms with van der Waals surface area (Å²) in [5, 5.41) is 0. The van der Waals surface area contributed by atoms with E-state index in [9.17, 15) is 30.0 Å². The Morgan fingerprint density at radius 2 is 1.51 bits per heavy atom. The van der Waals surface area contributed by atoms with Crippen molar-refractivity contribution in [2.24, 2.45) is 0 Å². The van der Waals surface area contributed by atoms with E-state index in [1.165, 1.54) is 6.92 Å². The summed E-state index contributed by atoms with van der Waals surface area (Å²) in [4.78, 5) is 16.3. The number of rotatable bonds is 7. The van der Waals surface area contributed by atoms with Gasteiger partial charge in [0.05, 0.1) is 0 Å². The SMILES string of the molecule is Cc1c(CN2CCN(C(=O)OCC3c4ccccc4-c4ccccc43)CC2)cc([B-](F)(F)F)cc1OS(=O)(=O)F.[K+]. The molecule has 0 radical (unpaired) electrons. The summed E-state index contributed by atoms with van der Waals surface area (Å²) in [7, 11) is -5.51. The van der Waals surface area contributed by atoms with Gasteiger partial charge >= 0.3 is 75.0 Å². The van der Waals surface area contributed by atoms with E-state index in [2.05, 4.69) is 4.18 Å². The standard InChI is InChI=1S/C27H26BF4N2O5S.K/c1-18-19(14-20(28(29,30)31)15-26(18)39-40(32,36)37)16-33-10-12-34(13-11-33)27(35)38-17-25-23-8-4-2-6-21(23)22-7-3-5-9-24(22)25;/h2-9,14-15,25H,10-13,16-17H2,1H3;/q-1;+1. The third-order valence-corrected chi connectivity index (χ3v) is 7.80. The number of benzene rings is 3. The Morgan fingerprint density at radius 1 is 0.951 bits per heavy atom. The number of hydrogen-bond donors (Lipinski definition) is 0. The van der Waals surface area contributed by atoms with Crippen LogP contribution in [0.5, 0.6) is 5.75 Å². The Balaban J connectivity index is 0.00000387. The molecule has 7 nitrogen and oxygen atoms in total. The van der Waals surface area contributed by atoms with Crippen molar-refractivity contribution in [1.82, 2.24) is 9.80 Å². The molecule has 3 aromatic rings. The van der Waals surface area contributed by atoms with Gasteiger partial charge in [-0.2, -0.15) is 8.42 Å². The van der Waals surface area contributed by atoms with Crippen molar-refractivity contribution in [2.75, 3.05) is 32.8 Å². The van der Waals surface area contributed by atoms with Crippen molar-refractivity contribution < 1.29 is 90.3 Å². The zero-order valence-electron chi connectivity index (χ0n) is 22.5. The van der Waals surface area contributed by atoms with Gasteiger partial charge in [0.2, 0.25) is 0 Å². The van der Waals surface area contributed by atoms with Crippen LogP contribution in [0.4, 0.5) is 21.6 Å². The van der Waals surface area contributed by atoms with E-state index in [0.717, 1.165) is 28.3 Å². The van der Waals surface area contributed by atoms with Crippen molar-refractivity contribution in [3.05, 3.63) is 82.9 Å². The van der Waals surface area contributed by atoms with E-state index in [1.54, 1.807) is 4.90 Å². The number of fused-ring (bicyclic) bond motifs is 3. The molecule has 41 heavy (non-hydrogen) atoms. The van der Waals surface area contributed by atoms with Crippen molar-refractivity contribution in [3.8, 4) is 16.9 Å². The first kappa shape index (κ1) is 32.0. The smallest absolute Gasteiger partial charge is 0.448 e. The molecule has 0 saturated carbocycles. The Kier molecular flexibility index (Phi) is 9.94.